The minimum absolute atomic E-state index is 0.0904. The van der Waals surface area contributed by atoms with Gasteiger partial charge >= 0.3 is 5.97 Å². The molecule has 0 aromatic heterocycles. The molecule has 196 valence electrons. The van der Waals surface area contributed by atoms with Gasteiger partial charge in [0.25, 0.3) is 0 Å². The zero-order valence-corrected chi connectivity index (χ0v) is 20.7. The summed E-state index contributed by atoms with van der Waals surface area (Å²) in [6.07, 6.45) is 1.88. The molecule has 0 saturated carbocycles. The Balaban J connectivity index is 5.29. The van der Waals surface area contributed by atoms with Gasteiger partial charge in [0.1, 0.15) is 18.1 Å². The van der Waals surface area contributed by atoms with Crippen molar-refractivity contribution < 1.29 is 24.3 Å². The van der Waals surface area contributed by atoms with Crippen molar-refractivity contribution in [2.75, 3.05) is 18.8 Å². The van der Waals surface area contributed by atoms with E-state index in [9.17, 15) is 24.3 Å². The maximum Gasteiger partial charge on any atom is 0.326 e. The van der Waals surface area contributed by atoms with Crippen molar-refractivity contribution in [3.63, 3.8) is 0 Å². The third kappa shape index (κ3) is 12.6. The molecule has 0 aromatic carbocycles. The first-order chi connectivity index (χ1) is 15.9. The Kier molecular flexibility index (Phi) is 15.7. The third-order valence-electron chi connectivity index (χ3n) is 4.98. The molecule has 14 heteroatoms. The molecular weight excluding hydrogens is 464 g/mol. The van der Waals surface area contributed by atoms with Gasteiger partial charge in [-0.2, -0.15) is 12.6 Å². The minimum Gasteiger partial charge on any atom is -0.480 e. The number of rotatable bonds is 17. The number of hydrogen-bond donors (Lipinski definition) is 9. The first-order valence-electron chi connectivity index (χ1n) is 11.2. The number of carbonyl (C=O) groups excluding carboxylic acids is 3. The van der Waals surface area contributed by atoms with Gasteiger partial charge in [-0.05, 0) is 44.6 Å². The normalized spacial score (nSPS) is 14.4. The molecule has 0 saturated heterocycles. The predicted molar refractivity (Wildman–Crippen MR) is 133 cm³/mol. The van der Waals surface area contributed by atoms with Crippen LogP contribution in [0.4, 0.5) is 0 Å². The predicted octanol–water partition coefficient (Wildman–Crippen LogP) is -2.38. The van der Waals surface area contributed by atoms with Gasteiger partial charge < -0.3 is 44.0 Å². The molecule has 0 fully saturated rings. The molecule has 3 amide bonds. The molecule has 0 rings (SSSR count). The zero-order chi connectivity index (χ0) is 26.3. The number of amides is 3. The highest BCUT2D eigenvalue weighted by atomic mass is 32.1. The number of nitrogens with zero attached hydrogens (tertiary/aromatic N) is 1. The van der Waals surface area contributed by atoms with Crippen LogP contribution in [0, 0.1) is 5.92 Å². The molecule has 0 bridgehead atoms. The first-order valence-corrected chi connectivity index (χ1v) is 11.8. The van der Waals surface area contributed by atoms with Crippen LogP contribution in [-0.2, 0) is 19.2 Å². The van der Waals surface area contributed by atoms with Crippen LogP contribution in [0.15, 0.2) is 4.99 Å². The van der Waals surface area contributed by atoms with Crippen molar-refractivity contribution in [1.82, 2.24) is 16.0 Å². The highest BCUT2D eigenvalue weighted by Gasteiger charge is 2.30. The van der Waals surface area contributed by atoms with Crippen LogP contribution in [0.25, 0.3) is 0 Å². The van der Waals surface area contributed by atoms with E-state index in [1.165, 1.54) is 0 Å². The van der Waals surface area contributed by atoms with E-state index in [0.29, 0.717) is 25.8 Å². The summed E-state index contributed by atoms with van der Waals surface area (Å²) in [5.74, 6) is -3.40. The molecule has 0 aromatic rings. The molecule has 12 N–H and O–H groups in total. The standard InChI is InChI=1S/C20H40N8O5S/c1-11(2)15(22)18(31)26-12(7-5-9-25-20(23)24)16(29)28-14(10-34)17(30)27-13(19(32)33)6-3-4-8-21/h11-15,34H,3-10,21-22H2,1-2H3,(H,26,31)(H,27,30)(H,28,29)(H,32,33)(H4,23,24,25). The molecule has 0 spiro atoms. The van der Waals surface area contributed by atoms with Gasteiger partial charge in [-0.15, -0.1) is 0 Å². The lowest BCUT2D eigenvalue weighted by molar-refractivity contribution is -0.142. The summed E-state index contributed by atoms with van der Waals surface area (Å²) in [6.45, 7) is 4.18. The summed E-state index contributed by atoms with van der Waals surface area (Å²) in [7, 11) is 0. The number of carbonyl (C=O) groups is 4. The molecule has 0 radical (unpaired) electrons. The van der Waals surface area contributed by atoms with E-state index >= 15 is 0 Å². The van der Waals surface area contributed by atoms with Crippen molar-refractivity contribution in [2.45, 2.75) is 70.1 Å². The van der Waals surface area contributed by atoms with Crippen LogP contribution in [0.1, 0.15) is 46.0 Å². The largest absolute Gasteiger partial charge is 0.480 e. The number of aliphatic imine (C=N–C) groups is 1. The van der Waals surface area contributed by atoms with Crippen molar-refractivity contribution >= 4 is 42.3 Å². The molecule has 0 aliphatic rings. The molecule has 13 nitrogen and oxygen atoms in total. The minimum atomic E-state index is -1.19. The van der Waals surface area contributed by atoms with E-state index < -0.39 is 47.9 Å². The fourth-order valence-electron chi connectivity index (χ4n) is 2.83. The van der Waals surface area contributed by atoms with Crippen molar-refractivity contribution in [2.24, 2.45) is 33.8 Å². The number of unbranched alkanes of at least 4 members (excludes halogenated alkanes) is 1. The van der Waals surface area contributed by atoms with Gasteiger partial charge in [0, 0.05) is 12.3 Å². The van der Waals surface area contributed by atoms with E-state index in [2.05, 4.69) is 33.6 Å². The Labute approximate surface area is 205 Å². The van der Waals surface area contributed by atoms with Crippen LogP contribution >= 0.6 is 12.6 Å². The average Bonchev–Trinajstić information content (AvgIpc) is 2.77. The topological polar surface area (TPSA) is 241 Å². The summed E-state index contributed by atoms with van der Waals surface area (Å²) in [6, 6.07) is -4.09. The number of nitrogens with two attached hydrogens (primary N) is 4. The highest BCUT2D eigenvalue weighted by molar-refractivity contribution is 7.80. The Bertz CT molecular complexity index is 702. The zero-order valence-electron chi connectivity index (χ0n) is 19.8. The van der Waals surface area contributed by atoms with Crippen LogP contribution in [-0.4, -0.2) is 77.8 Å². The fraction of sp³-hybridized carbons (Fsp3) is 0.750. The quantitative estimate of drug-likeness (QED) is 0.0444. The van der Waals surface area contributed by atoms with Crippen LogP contribution in [0.5, 0.6) is 0 Å². The van der Waals surface area contributed by atoms with Gasteiger partial charge in [-0.3, -0.25) is 19.4 Å². The molecule has 0 heterocycles. The summed E-state index contributed by atoms with van der Waals surface area (Å²) >= 11 is 4.10. The van der Waals surface area contributed by atoms with Crippen molar-refractivity contribution in [3.8, 4) is 0 Å². The summed E-state index contributed by atoms with van der Waals surface area (Å²) in [5.41, 5.74) is 21.9. The Morgan fingerprint density at radius 1 is 0.882 bits per heavy atom. The number of thiol groups is 1. The average molecular weight is 505 g/mol. The number of carboxylic acid groups (broad SMARTS) is 1. The molecular formula is C20H40N8O5S. The van der Waals surface area contributed by atoms with Gasteiger partial charge in [-0.1, -0.05) is 13.8 Å². The second-order valence-corrected chi connectivity index (χ2v) is 8.57. The van der Waals surface area contributed by atoms with Gasteiger partial charge in [0.2, 0.25) is 17.7 Å². The van der Waals surface area contributed by atoms with Crippen LogP contribution in [0.2, 0.25) is 0 Å². The molecule has 0 aliphatic carbocycles. The van der Waals surface area contributed by atoms with Crippen LogP contribution in [0.3, 0.4) is 0 Å². The lowest BCUT2D eigenvalue weighted by Crippen LogP contribution is -2.58. The maximum atomic E-state index is 12.9. The van der Waals surface area contributed by atoms with E-state index in [1.807, 2.05) is 0 Å². The van der Waals surface area contributed by atoms with E-state index in [1.54, 1.807) is 13.8 Å². The molecule has 4 atom stereocenters. The Hall–Kier alpha value is -2.58. The number of guanidine groups is 1. The summed E-state index contributed by atoms with van der Waals surface area (Å²) < 4.78 is 0. The molecule has 34 heavy (non-hydrogen) atoms. The monoisotopic (exact) mass is 504 g/mol. The lowest BCUT2D eigenvalue weighted by atomic mass is 10.0. The fourth-order valence-corrected chi connectivity index (χ4v) is 3.09. The highest BCUT2D eigenvalue weighted by Crippen LogP contribution is 2.05. The number of nitrogens with one attached hydrogen (secondary N) is 3. The van der Waals surface area contributed by atoms with Gasteiger partial charge in [0.05, 0.1) is 6.04 Å². The number of carboxylic acids is 1. The van der Waals surface area contributed by atoms with E-state index in [-0.39, 0.29) is 37.0 Å². The Morgan fingerprint density at radius 2 is 1.41 bits per heavy atom. The lowest BCUT2D eigenvalue weighted by Gasteiger charge is -2.25. The van der Waals surface area contributed by atoms with E-state index in [0.717, 1.165) is 0 Å². The second-order valence-electron chi connectivity index (χ2n) is 8.21. The SMILES string of the molecule is CC(C)C(N)C(=O)NC(CCCN=C(N)N)C(=O)NC(CS)C(=O)NC(CCCCN)C(=O)O. The van der Waals surface area contributed by atoms with E-state index in [4.69, 9.17) is 22.9 Å². The first kappa shape index (κ1) is 31.4. The van der Waals surface area contributed by atoms with Crippen LogP contribution < -0.4 is 38.9 Å². The molecule has 0 aliphatic heterocycles. The Morgan fingerprint density at radius 3 is 1.91 bits per heavy atom. The van der Waals surface area contributed by atoms with Gasteiger partial charge in [-0.25, -0.2) is 4.79 Å². The van der Waals surface area contributed by atoms with Crippen molar-refractivity contribution in [1.29, 1.82) is 0 Å². The third-order valence-corrected chi connectivity index (χ3v) is 5.34. The second kappa shape index (κ2) is 16.9. The smallest absolute Gasteiger partial charge is 0.326 e. The summed E-state index contributed by atoms with van der Waals surface area (Å²) in [4.78, 5) is 53.3. The maximum absolute atomic E-state index is 12.9. The number of aliphatic carboxylic acids is 1. The van der Waals surface area contributed by atoms with Gasteiger partial charge in [0.15, 0.2) is 5.96 Å². The number of hydrogen-bond acceptors (Lipinski definition) is 8. The molecule has 4 unspecified atom stereocenters. The van der Waals surface area contributed by atoms with Crippen molar-refractivity contribution in [3.05, 3.63) is 0 Å². The summed E-state index contributed by atoms with van der Waals surface area (Å²) in [5, 5.41) is 16.9.